The molecular weight excluding hydrogens is 322 g/mol. The lowest BCUT2D eigenvalue weighted by molar-refractivity contribution is -0.113. The van der Waals surface area contributed by atoms with Gasteiger partial charge in [0.2, 0.25) is 5.91 Å². The van der Waals surface area contributed by atoms with Gasteiger partial charge in [-0.05, 0) is 42.8 Å². The predicted molar refractivity (Wildman–Crippen MR) is 97.8 cm³/mol. The van der Waals surface area contributed by atoms with Crippen LogP contribution in [-0.4, -0.2) is 28.3 Å². The van der Waals surface area contributed by atoms with E-state index in [1.165, 1.54) is 11.8 Å². The minimum Gasteiger partial charge on any atom is -0.497 e. The fourth-order valence-electron chi connectivity index (χ4n) is 2.47. The summed E-state index contributed by atoms with van der Waals surface area (Å²) in [6.45, 7) is 1.94. The Morgan fingerprint density at radius 3 is 2.79 bits per heavy atom. The van der Waals surface area contributed by atoms with Gasteiger partial charge >= 0.3 is 0 Å². The SMILES string of the molecule is COc1ccc(NC(=O)CSc2nc3ccccc3n2C)c(C)c1. The summed E-state index contributed by atoms with van der Waals surface area (Å²) in [6, 6.07) is 13.5. The number of benzene rings is 2. The molecule has 0 bridgehead atoms. The Morgan fingerprint density at radius 2 is 2.08 bits per heavy atom. The number of thioether (sulfide) groups is 1. The van der Waals surface area contributed by atoms with Gasteiger partial charge in [-0.3, -0.25) is 4.79 Å². The number of ether oxygens (including phenoxy) is 1. The molecule has 0 saturated carbocycles. The van der Waals surface area contributed by atoms with Gasteiger partial charge in [-0.1, -0.05) is 23.9 Å². The van der Waals surface area contributed by atoms with Crippen molar-refractivity contribution in [3.05, 3.63) is 48.0 Å². The number of hydrogen-bond donors (Lipinski definition) is 1. The maximum atomic E-state index is 12.2. The molecule has 24 heavy (non-hydrogen) atoms. The number of anilines is 1. The summed E-state index contributed by atoms with van der Waals surface area (Å²) in [5.74, 6) is 1.03. The highest BCUT2D eigenvalue weighted by Crippen LogP contribution is 2.24. The van der Waals surface area contributed by atoms with E-state index in [2.05, 4.69) is 10.3 Å². The van der Waals surface area contributed by atoms with Crippen LogP contribution in [0.5, 0.6) is 5.75 Å². The number of nitrogens with one attached hydrogen (secondary N) is 1. The number of nitrogens with zero attached hydrogens (tertiary/aromatic N) is 2. The number of fused-ring (bicyclic) bond motifs is 1. The van der Waals surface area contributed by atoms with Gasteiger partial charge in [0, 0.05) is 12.7 Å². The monoisotopic (exact) mass is 341 g/mol. The fraction of sp³-hybridized carbons (Fsp3) is 0.222. The second-order valence-electron chi connectivity index (χ2n) is 5.46. The Bertz CT molecular complexity index is 889. The fourth-order valence-corrected chi connectivity index (χ4v) is 3.26. The summed E-state index contributed by atoms with van der Waals surface area (Å²) in [6.07, 6.45) is 0. The summed E-state index contributed by atoms with van der Waals surface area (Å²) in [4.78, 5) is 16.8. The lowest BCUT2D eigenvalue weighted by Crippen LogP contribution is -2.15. The number of amides is 1. The van der Waals surface area contributed by atoms with E-state index in [1.54, 1.807) is 7.11 Å². The molecule has 0 aliphatic carbocycles. The number of imidazole rings is 1. The maximum absolute atomic E-state index is 12.2. The summed E-state index contributed by atoms with van der Waals surface area (Å²) in [7, 11) is 3.59. The van der Waals surface area contributed by atoms with Crippen LogP contribution >= 0.6 is 11.8 Å². The molecule has 1 amide bonds. The normalized spacial score (nSPS) is 10.8. The molecule has 5 nitrogen and oxygen atoms in total. The second kappa shape index (κ2) is 6.97. The smallest absolute Gasteiger partial charge is 0.234 e. The highest BCUT2D eigenvalue weighted by atomic mass is 32.2. The Kier molecular flexibility index (Phi) is 4.76. The van der Waals surface area contributed by atoms with Gasteiger partial charge < -0.3 is 14.6 Å². The van der Waals surface area contributed by atoms with Crippen molar-refractivity contribution in [1.29, 1.82) is 0 Å². The van der Waals surface area contributed by atoms with Gasteiger partial charge in [0.05, 0.1) is 23.9 Å². The van der Waals surface area contributed by atoms with E-state index in [1.807, 2.05) is 61.0 Å². The first kappa shape index (κ1) is 16.4. The first-order valence-electron chi connectivity index (χ1n) is 7.57. The van der Waals surface area contributed by atoms with Crippen molar-refractivity contribution in [3.8, 4) is 5.75 Å². The van der Waals surface area contributed by atoms with E-state index in [0.29, 0.717) is 5.75 Å². The lowest BCUT2D eigenvalue weighted by atomic mass is 10.2. The Hall–Kier alpha value is -2.47. The molecule has 1 aromatic heterocycles. The highest BCUT2D eigenvalue weighted by Gasteiger charge is 2.11. The quantitative estimate of drug-likeness (QED) is 0.720. The van der Waals surface area contributed by atoms with Crippen molar-refractivity contribution < 1.29 is 9.53 Å². The molecule has 0 radical (unpaired) electrons. The van der Waals surface area contributed by atoms with Gasteiger partial charge in [-0.25, -0.2) is 4.98 Å². The van der Waals surface area contributed by atoms with Crippen LogP contribution in [0, 0.1) is 6.92 Å². The Labute approximate surface area is 145 Å². The van der Waals surface area contributed by atoms with Crippen molar-refractivity contribution in [1.82, 2.24) is 9.55 Å². The molecule has 0 spiro atoms. The van der Waals surface area contributed by atoms with E-state index in [4.69, 9.17) is 4.74 Å². The van der Waals surface area contributed by atoms with Crippen LogP contribution in [0.1, 0.15) is 5.56 Å². The minimum atomic E-state index is -0.0553. The summed E-state index contributed by atoms with van der Waals surface area (Å²) in [5.41, 5.74) is 3.77. The van der Waals surface area contributed by atoms with Crippen molar-refractivity contribution in [3.63, 3.8) is 0 Å². The zero-order valence-corrected chi connectivity index (χ0v) is 14.7. The first-order valence-corrected chi connectivity index (χ1v) is 8.56. The Morgan fingerprint density at radius 1 is 1.29 bits per heavy atom. The zero-order chi connectivity index (χ0) is 17.1. The average molecular weight is 341 g/mol. The largest absolute Gasteiger partial charge is 0.497 e. The molecule has 0 aliphatic rings. The van der Waals surface area contributed by atoms with E-state index in [0.717, 1.165) is 33.2 Å². The standard InChI is InChI=1S/C18H19N3O2S/c1-12-10-13(23-3)8-9-14(12)19-17(22)11-24-18-20-15-6-4-5-7-16(15)21(18)2/h4-10H,11H2,1-3H3,(H,19,22). The number of carbonyl (C=O) groups is 1. The van der Waals surface area contributed by atoms with Crippen molar-refractivity contribution in [2.24, 2.45) is 7.05 Å². The number of methoxy groups -OCH3 is 1. The third kappa shape index (κ3) is 3.38. The number of aromatic nitrogens is 2. The average Bonchev–Trinajstić information content (AvgIpc) is 2.91. The molecule has 1 N–H and O–H groups in total. The van der Waals surface area contributed by atoms with Crippen molar-refractivity contribution in [2.45, 2.75) is 12.1 Å². The van der Waals surface area contributed by atoms with Gasteiger partial charge in [0.25, 0.3) is 0 Å². The highest BCUT2D eigenvalue weighted by molar-refractivity contribution is 7.99. The van der Waals surface area contributed by atoms with Crippen molar-refractivity contribution in [2.75, 3.05) is 18.2 Å². The number of aryl methyl sites for hydroxylation is 2. The minimum absolute atomic E-state index is 0.0553. The molecule has 0 unspecified atom stereocenters. The predicted octanol–water partition coefficient (Wildman–Crippen LogP) is 3.62. The van der Waals surface area contributed by atoms with E-state index in [-0.39, 0.29) is 5.91 Å². The molecule has 2 aromatic carbocycles. The number of carbonyl (C=O) groups excluding carboxylic acids is 1. The van der Waals surface area contributed by atoms with Crippen LogP contribution in [-0.2, 0) is 11.8 Å². The third-order valence-corrected chi connectivity index (χ3v) is 4.82. The molecule has 124 valence electrons. The van der Waals surface area contributed by atoms with Gasteiger partial charge in [0.15, 0.2) is 5.16 Å². The summed E-state index contributed by atoms with van der Waals surface area (Å²) in [5, 5.41) is 3.76. The number of para-hydroxylation sites is 2. The molecular formula is C18H19N3O2S. The van der Waals surface area contributed by atoms with Gasteiger partial charge in [0.1, 0.15) is 5.75 Å². The van der Waals surface area contributed by atoms with Crippen LogP contribution in [0.2, 0.25) is 0 Å². The third-order valence-electron chi connectivity index (χ3n) is 3.79. The first-order chi connectivity index (χ1) is 11.6. The van der Waals surface area contributed by atoms with E-state index < -0.39 is 0 Å². The Balaban J connectivity index is 1.66. The maximum Gasteiger partial charge on any atom is 0.234 e. The lowest BCUT2D eigenvalue weighted by Gasteiger charge is -2.09. The number of hydrogen-bond acceptors (Lipinski definition) is 4. The topological polar surface area (TPSA) is 56.1 Å². The van der Waals surface area contributed by atoms with Crippen LogP contribution in [0.3, 0.4) is 0 Å². The number of rotatable bonds is 5. The zero-order valence-electron chi connectivity index (χ0n) is 13.9. The molecule has 1 heterocycles. The van der Waals surface area contributed by atoms with Gasteiger partial charge in [-0.2, -0.15) is 0 Å². The molecule has 6 heteroatoms. The van der Waals surface area contributed by atoms with Gasteiger partial charge in [-0.15, -0.1) is 0 Å². The van der Waals surface area contributed by atoms with E-state index in [9.17, 15) is 4.79 Å². The molecule has 0 aliphatic heterocycles. The molecule has 0 fully saturated rings. The molecule has 0 atom stereocenters. The molecule has 3 aromatic rings. The van der Waals surface area contributed by atoms with Crippen molar-refractivity contribution >= 4 is 34.4 Å². The second-order valence-corrected chi connectivity index (χ2v) is 6.40. The van der Waals surface area contributed by atoms with Crippen LogP contribution in [0.4, 0.5) is 5.69 Å². The van der Waals surface area contributed by atoms with Crippen LogP contribution < -0.4 is 10.1 Å². The molecule has 0 saturated heterocycles. The van der Waals surface area contributed by atoms with E-state index >= 15 is 0 Å². The van der Waals surface area contributed by atoms with Crippen LogP contribution in [0.15, 0.2) is 47.6 Å². The summed E-state index contributed by atoms with van der Waals surface area (Å²) < 4.78 is 7.18. The summed E-state index contributed by atoms with van der Waals surface area (Å²) >= 11 is 1.43. The molecule has 3 rings (SSSR count). The van der Waals surface area contributed by atoms with Crippen LogP contribution in [0.25, 0.3) is 11.0 Å².